The average Bonchev–Trinajstić information content (AvgIpc) is 3.00. The molecule has 0 aromatic heterocycles. The Bertz CT molecular complexity index is 632. The minimum atomic E-state index is 0. The Morgan fingerprint density at radius 1 is 1.03 bits per heavy atom. The molecule has 2 aliphatic rings. The van der Waals surface area contributed by atoms with Gasteiger partial charge in [0.1, 0.15) is 0 Å². The first kappa shape index (κ1) is 25.4. The summed E-state index contributed by atoms with van der Waals surface area (Å²) in [6.45, 7) is 11.3. The number of hydrogen-bond donors (Lipinski definition) is 2. The van der Waals surface area contributed by atoms with E-state index in [1.807, 2.05) is 7.05 Å². The number of likely N-dealkylation sites (tertiary alicyclic amines) is 2. The molecule has 0 atom stereocenters. The van der Waals surface area contributed by atoms with Crippen molar-refractivity contribution in [3.63, 3.8) is 0 Å². The van der Waals surface area contributed by atoms with Gasteiger partial charge in [-0.05, 0) is 63.7 Å². The summed E-state index contributed by atoms with van der Waals surface area (Å²) in [7, 11) is 1.87. The fraction of sp³-hybridized carbons (Fsp3) is 0.708. The SMILES string of the molecule is CN=C(NCc1cccc(CN2CCCCCC2)c1)NC1CCN(C(C)C)CC1.I. The van der Waals surface area contributed by atoms with Crippen molar-refractivity contribution in [3.8, 4) is 0 Å². The van der Waals surface area contributed by atoms with Crippen LogP contribution in [0.3, 0.4) is 0 Å². The van der Waals surface area contributed by atoms with E-state index in [2.05, 4.69) is 63.5 Å². The van der Waals surface area contributed by atoms with Crippen LogP contribution >= 0.6 is 24.0 Å². The normalized spacial score (nSPS) is 19.9. The zero-order chi connectivity index (χ0) is 20.5. The number of piperidine rings is 1. The Balaban J connectivity index is 0.00000320. The summed E-state index contributed by atoms with van der Waals surface area (Å²) in [6.07, 6.45) is 7.85. The van der Waals surface area contributed by atoms with E-state index in [1.54, 1.807) is 0 Å². The summed E-state index contributed by atoms with van der Waals surface area (Å²) in [6, 6.07) is 10.2. The molecule has 0 unspecified atom stereocenters. The third-order valence-electron chi connectivity index (χ3n) is 6.38. The monoisotopic (exact) mass is 527 g/mol. The van der Waals surface area contributed by atoms with Crippen LogP contribution in [0.15, 0.2) is 29.3 Å². The standard InChI is InChI=1S/C24H41N5.HI/c1-20(2)29-15-11-23(12-16-29)27-24(25-3)26-18-21-9-8-10-22(17-21)19-28-13-6-4-5-7-14-28;/h8-10,17,20,23H,4-7,11-16,18-19H2,1-3H3,(H2,25,26,27);1H. The van der Waals surface area contributed by atoms with Gasteiger partial charge in [-0.25, -0.2) is 0 Å². The van der Waals surface area contributed by atoms with Gasteiger partial charge < -0.3 is 15.5 Å². The van der Waals surface area contributed by atoms with E-state index in [4.69, 9.17) is 0 Å². The van der Waals surface area contributed by atoms with E-state index in [-0.39, 0.29) is 24.0 Å². The molecule has 170 valence electrons. The highest BCUT2D eigenvalue weighted by Crippen LogP contribution is 2.15. The molecular weight excluding hydrogens is 485 g/mol. The van der Waals surface area contributed by atoms with Crippen LogP contribution in [-0.4, -0.2) is 61.1 Å². The second-order valence-corrected chi connectivity index (χ2v) is 8.98. The Morgan fingerprint density at radius 2 is 1.70 bits per heavy atom. The van der Waals surface area contributed by atoms with Gasteiger partial charge >= 0.3 is 0 Å². The van der Waals surface area contributed by atoms with E-state index in [0.29, 0.717) is 12.1 Å². The van der Waals surface area contributed by atoms with Gasteiger partial charge in [0.2, 0.25) is 0 Å². The smallest absolute Gasteiger partial charge is 0.191 e. The van der Waals surface area contributed by atoms with Crippen molar-refractivity contribution in [3.05, 3.63) is 35.4 Å². The minimum Gasteiger partial charge on any atom is -0.354 e. The van der Waals surface area contributed by atoms with E-state index in [1.165, 1.54) is 75.8 Å². The first-order valence-corrected chi connectivity index (χ1v) is 11.7. The van der Waals surface area contributed by atoms with Crippen molar-refractivity contribution in [1.29, 1.82) is 0 Å². The van der Waals surface area contributed by atoms with Crippen molar-refractivity contribution < 1.29 is 0 Å². The zero-order valence-electron chi connectivity index (χ0n) is 19.2. The first-order chi connectivity index (χ1) is 14.1. The van der Waals surface area contributed by atoms with Crippen molar-refractivity contribution in [1.82, 2.24) is 20.4 Å². The van der Waals surface area contributed by atoms with Crippen molar-refractivity contribution in [2.45, 2.75) is 77.5 Å². The van der Waals surface area contributed by atoms with E-state index >= 15 is 0 Å². The summed E-state index contributed by atoms with van der Waals surface area (Å²) in [4.78, 5) is 9.62. The molecule has 3 rings (SSSR count). The Labute approximate surface area is 201 Å². The summed E-state index contributed by atoms with van der Waals surface area (Å²) in [5.41, 5.74) is 2.75. The molecule has 1 aromatic rings. The van der Waals surface area contributed by atoms with Gasteiger partial charge in [0.25, 0.3) is 0 Å². The van der Waals surface area contributed by atoms with Gasteiger partial charge in [-0.2, -0.15) is 0 Å². The summed E-state index contributed by atoms with van der Waals surface area (Å²) in [5.74, 6) is 0.922. The predicted octanol–water partition coefficient (Wildman–Crippen LogP) is 4.22. The molecule has 0 amide bonds. The van der Waals surface area contributed by atoms with Gasteiger partial charge in [0.05, 0.1) is 0 Å². The number of halogens is 1. The van der Waals surface area contributed by atoms with E-state index < -0.39 is 0 Å². The molecule has 2 aliphatic heterocycles. The highest BCUT2D eigenvalue weighted by molar-refractivity contribution is 14.0. The van der Waals surface area contributed by atoms with E-state index in [0.717, 1.165) is 19.0 Å². The zero-order valence-corrected chi connectivity index (χ0v) is 21.5. The van der Waals surface area contributed by atoms with Gasteiger partial charge in [0.15, 0.2) is 5.96 Å². The van der Waals surface area contributed by atoms with Crippen LogP contribution in [0, 0.1) is 0 Å². The van der Waals surface area contributed by atoms with Crippen LogP contribution in [0.2, 0.25) is 0 Å². The van der Waals surface area contributed by atoms with Gasteiger partial charge in [0, 0.05) is 45.3 Å². The minimum absolute atomic E-state index is 0. The van der Waals surface area contributed by atoms with Crippen molar-refractivity contribution in [2.24, 2.45) is 4.99 Å². The average molecular weight is 528 g/mol. The Kier molecular flexibility index (Phi) is 11.5. The first-order valence-electron chi connectivity index (χ1n) is 11.7. The Morgan fingerprint density at radius 3 is 2.33 bits per heavy atom. The maximum Gasteiger partial charge on any atom is 0.191 e. The molecule has 2 fully saturated rings. The number of hydrogen-bond acceptors (Lipinski definition) is 3. The maximum absolute atomic E-state index is 4.45. The molecule has 0 radical (unpaired) electrons. The van der Waals surface area contributed by atoms with Crippen LogP contribution < -0.4 is 10.6 Å². The van der Waals surface area contributed by atoms with Crippen LogP contribution in [-0.2, 0) is 13.1 Å². The molecule has 0 spiro atoms. The molecule has 2 heterocycles. The van der Waals surface area contributed by atoms with E-state index in [9.17, 15) is 0 Å². The third-order valence-corrected chi connectivity index (χ3v) is 6.38. The second kappa shape index (κ2) is 13.5. The molecule has 0 aliphatic carbocycles. The van der Waals surface area contributed by atoms with Crippen LogP contribution in [0.5, 0.6) is 0 Å². The molecular formula is C24H42IN5. The van der Waals surface area contributed by atoms with Gasteiger partial charge in [-0.3, -0.25) is 9.89 Å². The number of nitrogens with zero attached hydrogens (tertiary/aromatic N) is 3. The lowest BCUT2D eigenvalue weighted by atomic mass is 10.0. The number of guanidine groups is 1. The lowest BCUT2D eigenvalue weighted by molar-refractivity contribution is 0.167. The highest BCUT2D eigenvalue weighted by Gasteiger charge is 2.21. The summed E-state index contributed by atoms with van der Waals surface area (Å²) >= 11 is 0. The summed E-state index contributed by atoms with van der Waals surface area (Å²) < 4.78 is 0. The lowest BCUT2D eigenvalue weighted by Gasteiger charge is -2.35. The second-order valence-electron chi connectivity index (χ2n) is 8.98. The topological polar surface area (TPSA) is 42.9 Å². The highest BCUT2D eigenvalue weighted by atomic mass is 127. The number of aliphatic imine (C=N–C) groups is 1. The molecule has 0 saturated carbocycles. The van der Waals surface area contributed by atoms with Crippen molar-refractivity contribution >= 4 is 29.9 Å². The molecule has 5 nitrogen and oxygen atoms in total. The summed E-state index contributed by atoms with van der Waals surface area (Å²) in [5, 5.41) is 7.15. The van der Waals surface area contributed by atoms with Crippen LogP contribution in [0.4, 0.5) is 0 Å². The Hall–Kier alpha value is -0.860. The fourth-order valence-corrected chi connectivity index (χ4v) is 4.52. The number of nitrogens with one attached hydrogen (secondary N) is 2. The number of benzene rings is 1. The number of rotatable bonds is 6. The quantitative estimate of drug-likeness (QED) is 0.331. The molecule has 0 bridgehead atoms. The molecule has 2 N–H and O–H groups in total. The van der Waals surface area contributed by atoms with Crippen LogP contribution in [0.1, 0.15) is 63.5 Å². The molecule has 30 heavy (non-hydrogen) atoms. The van der Waals surface area contributed by atoms with Gasteiger partial charge in [-0.1, -0.05) is 37.1 Å². The predicted molar refractivity (Wildman–Crippen MR) is 139 cm³/mol. The maximum atomic E-state index is 4.45. The largest absolute Gasteiger partial charge is 0.354 e. The fourth-order valence-electron chi connectivity index (χ4n) is 4.52. The third kappa shape index (κ3) is 8.35. The molecule has 6 heteroatoms. The van der Waals surface area contributed by atoms with Crippen LogP contribution in [0.25, 0.3) is 0 Å². The van der Waals surface area contributed by atoms with Crippen molar-refractivity contribution in [2.75, 3.05) is 33.2 Å². The molecule has 2 saturated heterocycles. The van der Waals surface area contributed by atoms with Gasteiger partial charge in [-0.15, -0.1) is 24.0 Å². The molecule has 1 aromatic carbocycles. The lowest BCUT2D eigenvalue weighted by Crippen LogP contribution is -2.49.